The van der Waals surface area contributed by atoms with Crippen molar-refractivity contribution in [3.8, 4) is 0 Å². The maximum Gasteiger partial charge on any atom is 0.259 e. The van der Waals surface area contributed by atoms with Gasteiger partial charge in [0.05, 0.1) is 20.6 Å². The molecule has 5 nitrogen and oxygen atoms in total. The average Bonchev–Trinajstić information content (AvgIpc) is 2.68. The summed E-state index contributed by atoms with van der Waals surface area (Å²) < 4.78 is 0.700. The molecule has 100 valence electrons. The van der Waals surface area contributed by atoms with Crippen LogP contribution in [-0.2, 0) is 0 Å². The van der Waals surface area contributed by atoms with Crippen molar-refractivity contribution in [2.24, 2.45) is 0 Å². The molecule has 0 radical (unpaired) electrons. The third-order valence-corrected chi connectivity index (χ3v) is 3.62. The summed E-state index contributed by atoms with van der Waals surface area (Å²) in [6.07, 6.45) is 1.51. The first-order chi connectivity index (χ1) is 9.54. The fourth-order valence-electron chi connectivity index (χ4n) is 1.89. The SMILES string of the molecule is O=C1NC(=O)c2cc(Nc3ncc(Cl)cc3Br)ccc21. The molecule has 3 rings (SSSR count). The van der Waals surface area contributed by atoms with Gasteiger partial charge in [0.1, 0.15) is 5.82 Å². The van der Waals surface area contributed by atoms with Crippen LogP contribution in [0.3, 0.4) is 0 Å². The van der Waals surface area contributed by atoms with Crippen LogP contribution >= 0.6 is 27.5 Å². The van der Waals surface area contributed by atoms with E-state index in [0.717, 1.165) is 0 Å². The van der Waals surface area contributed by atoms with Gasteiger partial charge in [-0.25, -0.2) is 4.98 Å². The molecular formula is C13H7BrClN3O2. The van der Waals surface area contributed by atoms with Crippen molar-refractivity contribution in [3.05, 3.63) is 51.1 Å². The average molecular weight is 353 g/mol. The molecule has 0 saturated heterocycles. The normalized spacial score (nSPS) is 13.1. The lowest BCUT2D eigenvalue weighted by Gasteiger charge is -2.08. The van der Waals surface area contributed by atoms with E-state index < -0.39 is 5.91 Å². The molecule has 0 fully saturated rings. The van der Waals surface area contributed by atoms with Crippen LogP contribution in [0.25, 0.3) is 0 Å². The Labute approximate surface area is 127 Å². The molecule has 7 heteroatoms. The minimum atomic E-state index is -0.392. The molecule has 0 spiro atoms. The van der Waals surface area contributed by atoms with Crippen molar-refractivity contribution < 1.29 is 9.59 Å². The van der Waals surface area contributed by atoms with Crippen LogP contribution in [0, 0.1) is 0 Å². The number of rotatable bonds is 2. The van der Waals surface area contributed by atoms with E-state index in [0.29, 0.717) is 32.1 Å². The highest BCUT2D eigenvalue weighted by Gasteiger charge is 2.26. The van der Waals surface area contributed by atoms with Crippen LogP contribution < -0.4 is 10.6 Å². The molecule has 2 N–H and O–H groups in total. The molecule has 0 bridgehead atoms. The summed E-state index contributed by atoms with van der Waals surface area (Å²) in [5.41, 5.74) is 1.39. The second kappa shape index (κ2) is 4.88. The number of benzene rings is 1. The zero-order valence-corrected chi connectivity index (χ0v) is 12.2. The smallest absolute Gasteiger partial charge is 0.259 e. The van der Waals surface area contributed by atoms with Gasteiger partial charge >= 0.3 is 0 Å². The Morgan fingerprint density at radius 2 is 1.90 bits per heavy atom. The number of hydrogen-bond acceptors (Lipinski definition) is 4. The quantitative estimate of drug-likeness (QED) is 0.815. The van der Waals surface area contributed by atoms with Crippen molar-refractivity contribution in [3.63, 3.8) is 0 Å². The van der Waals surface area contributed by atoms with Crippen LogP contribution in [0.4, 0.5) is 11.5 Å². The number of nitrogens with zero attached hydrogens (tertiary/aromatic N) is 1. The van der Waals surface area contributed by atoms with Crippen molar-refractivity contribution in [2.45, 2.75) is 0 Å². The summed E-state index contributed by atoms with van der Waals surface area (Å²) in [4.78, 5) is 27.2. The Morgan fingerprint density at radius 3 is 2.65 bits per heavy atom. The van der Waals surface area contributed by atoms with Crippen LogP contribution in [0.1, 0.15) is 20.7 Å². The summed E-state index contributed by atoms with van der Waals surface area (Å²) in [6, 6.07) is 6.63. The van der Waals surface area contributed by atoms with Crippen molar-refractivity contribution in [1.82, 2.24) is 10.3 Å². The predicted molar refractivity (Wildman–Crippen MR) is 78.5 cm³/mol. The summed E-state index contributed by atoms with van der Waals surface area (Å²) in [7, 11) is 0. The molecule has 0 saturated carbocycles. The molecule has 1 aromatic heterocycles. The maximum atomic E-state index is 11.6. The number of amides is 2. The van der Waals surface area contributed by atoms with Gasteiger partial charge < -0.3 is 5.32 Å². The Balaban J connectivity index is 1.95. The fourth-order valence-corrected chi connectivity index (χ4v) is 2.63. The van der Waals surface area contributed by atoms with Gasteiger partial charge in [-0.05, 0) is 40.2 Å². The minimum Gasteiger partial charge on any atom is -0.339 e. The van der Waals surface area contributed by atoms with E-state index in [1.165, 1.54) is 6.20 Å². The highest BCUT2D eigenvalue weighted by atomic mass is 79.9. The van der Waals surface area contributed by atoms with Crippen molar-refractivity contribution in [1.29, 1.82) is 0 Å². The van der Waals surface area contributed by atoms with E-state index >= 15 is 0 Å². The van der Waals surface area contributed by atoms with E-state index in [1.807, 2.05) is 0 Å². The van der Waals surface area contributed by atoms with Crippen LogP contribution in [0.2, 0.25) is 5.02 Å². The summed E-state index contributed by atoms with van der Waals surface area (Å²) in [5.74, 6) is -0.196. The molecule has 0 unspecified atom stereocenters. The lowest BCUT2D eigenvalue weighted by atomic mass is 10.1. The number of anilines is 2. The second-order valence-corrected chi connectivity index (χ2v) is 5.44. The third-order valence-electron chi connectivity index (χ3n) is 2.81. The van der Waals surface area contributed by atoms with E-state index in [2.05, 4.69) is 31.5 Å². The maximum absolute atomic E-state index is 11.6. The molecule has 20 heavy (non-hydrogen) atoms. The number of carbonyl (C=O) groups excluding carboxylic acids is 2. The zero-order valence-electron chi connectivity index (χ0n) is 9.91. The van der Waals surface area contributed by atoms with Gasteiger partial charge in [-0.3, -0.25) is 14.9 Å². The van der Waals surface area contributed by atoms with Gasteiger partial charge in [0.15, 0.2) is 0 Å². The van der Waals surface area contributed by atoms with Gasteiger partial charge in [-0.1, -0.05) is 11.6 Å². The second-order valence-electron chi connectivity index (χ2n) is 4.15. The number of nitrogens with one attached hydrogen (secondary N) is 2. The predicted octanol–water partition coefficient (Wildman–Crippen LogP) is 3.12. The van der Waals surface area contributed by atoms with Crippen LogP contribution in [-0.4, -0.2) is 16.8 Å². The van der Waals surface area contributed by atoms with Crippen molar-refractivity contribution >= 4 is 50.9 Å². The lowest BCUT2D eigenvalue weighted by molar-refractivity contribution is 0.0879. The fraction of sp³-hybridized carbons (Fsp3) is 0. The number of imide groups is 1. The molecular weight excluding hydrogens is 346 g/mol. The topological polar surface area (TPSA) is 71.1 Å². The molecule has 2 aromatic rings. The monoisotopic (exact) mass is 351 g/mol. The number of fused-ring (bicyclic) bond motifs is 1. The summed E-state index contributed by atoms with van der Waals surface area (Å²) in [6.45, 7) is 0. The van der Waals surface area contributed by atoms with Crippen LogP contribution in [0.5, 0.6) is 0 Å². The Kier molecular flexibility index (Phi) is 3.19. The molecule has 1 aliphatic rings. The summed E-state index contributed by atoms with van der Waals surface area (Å²) in [5, 5.41) is 5.82. The first kappa shape index (κ1) is 13.1. The van der Waals surface area contributed by atoms with Crippen LogP contribution in [0.15, 0.2) is 34.9 Å². The number of pyridine rings is 1. The van der Waals surface area contributed by atoms with E-state index in [4.69, 9.17) is 11.6 Å². The summed E-state index contributed by atoms with van der Waals surface area (Å²) >= 11 is 9.17. The van der Waals surface area contributed by atoms with E-state index in [-0.39, 0.29) is 5.91 Å². The number of hydrogen-bond donors (Lipinski definition) is 2. The minimum absolute atomic E-state index is 0.352. The highest BCUT2D eigenvalue weighted by Crippen LogP contribution is 2.28. The van der Waals surface area contributed by atoms with E-state index in [1.54, 1.807) is 24.3 Å². The highest BCUT2D eigenvalue weighted by molar-refractivity contribution is 9.10. The van der Waals surface area contributed by atoms with Gasteiger partial charge in [0.25, 0.3) is 11.8 Å². The third kappa shape index (κ3) is 2.28. The molecule has 1 aliphatic heterocycles. The number of halogens is 2. The van der Waals surface area contributed by atoms with Gasteiger partial charge in [0.2, 0.25) is 0 Å². The standard InChI is InChI=1S/C13H7BrClN3O2/c14-10-3-6(15)5-16-11(10)17-7-1-2-8-9(4-7)13(20)18-12(8)19/h1-5H,(H,16,17)(H,18,19,20). The first-order valence-corrected chi connectivity index (χ1v) is 6.79. The molecule has 0 atom stereocenters. The zero-order chi connectivity index (χ0) is 14.3. The van der Waals surface area contributed by atoms with Gasteiger partial charge in [-0.15, -0.1) is 0 Å². The molecule has 2 heterocycles. The lowest BCUT2D eigenvalue weighted by Crippen LogP contribution is -2.19. The molecule has 2 amide bonds. The Bertz CT molecular complexity index is 748. The van der Waals surface area contributed by atoms with Gasteiger partial charge in [-0.2, -0.15) is 0 Å². The van der Waals surface area contributed by atoms with Gasteiger partial charge in [0, 0.05) is 11.9 Å². The Hall–Kier alpha value is -1.92. The van der Waals surface area contributed by atoms with Crippen molar-refractivity contribution in [2.75, 3.05) is 5.32 Å². The Morgan fingerprint density at radius 1 is 1.15 bits per heavy atom. The number of aromatic nitrogens is 1. The molecule has 0 aliphatic carbocycles. The first-order valence-electron chi connectivity index (χ1n) is 5.62. The van der Waals surface area contributed by atoms with E-state index in [9.17, 15) is 9.59 Å². The molecule has 1 aromatic carbocycles. The number of carbonyl (C=O) groups is 2. The largest absolute Gasteiger partial charge is 0.339 e.